The predicted molar refractivity (Wildman–Crippen MR) is 72.6 cm³/mol. The van der Waals surface area contributed by atoms with E-state index in [0.29, 0.717) is 19.0 Å². The molecule has 2 aromatic rings. The van der Waals surface area contributed by atoms with Crippen molar-refractivity contribution >= 4 is 5.95 Å². The fourth-order valence-corrected chi connectivity index (χ4v) is 2.31. The van der Waals surface area contributed by atoms with E-state index in [1.54, 1.807) is 0 Å². The van der Waals surface area contributed by atoms with Crippen LogP contribution in [0.4, 0.5) is 5.95 Å². The fourth-order valence-electron chi connectivity index (χ4n) is 2.31. The van der Waals surface area contributed by atoms with Gasteiger partial charge >= 0.3 is 0 Å². The maximum Gasteiger partial charge on any atom is 0.223 e. The summed E-state index contributed by atoms with van der Waals surface area (Å²) in [6, 6.07) is 6.52. The van der Waals surface area contributed by atoms with Crippen LogP contribution in [0.5, 0.6) is 0 Å². The highest BCUT2D eigenvalue weighted by atomic mass is 15.1. The molecule has 0 unspecified atom stereocenters. The SMILES string of the molecule is Cc1ccc2c(c1)-c1nc(NCCN)ncc1C2. The molecule has 1 aromatic carbocycles. The van der Waals surface area contributed by atoms with Gasteiger partial charge in [-0.05, 0) is 18.6 Å². The van der Waals surface area contributed by atoms with Crippen molar-refractivity contribution in [2.45, 2.75) is 13.3 Å². The number of nitrogens with zero attached hydrogens (tertiary/aromatic N) is 2. The minimum atomic E-state index is 0.580. The quantitative estimate of drug-likeness (QED) is 0.731. The number of hydrogen-bond donors (Lipinski definition) is 2. The Bertz CT molecular complexity index is 592. The van der Waals surface area contributed by atoms with Crippen LogP contribution >= 0.6 is 0 Å². The first kappa shape index (κ1) is 11.2. The van der Waals surface area contributed by atoms with Crippen LogP contribution in [0.25, 0.3) is 11.3 Å². The van der Waals surface area contributed by atoms with E-state index in [1.165, 1.54) is 22.3 Å². The number of anilines is 1. The minimum absolute atomic E-state index is 0.580. The third-order valence-electron chi connectivity index (χ3n) is 3.19. The summed E-state index contributed by atoms with van der Waals surface area (Å²) in [4.78, 5) is 8.91. The zero-order valence-electron chi connectivity index (χ0n) is 10.4. The molecule has 0 bridgehead atoms. The van der Waals surface area contributed by atoms with E-state index in [1.807, 2.05) is 6.20 Å². The van der Waals surface area contributed by atoms with Crippen LogP contribution in [0.1, 0.15) is 16.7 Å². The Morgan fingerprint density at radius 3 is 3.06 bits per heavy atom. The van der Waals surface area contributed by atoms with Crippen molar-refractivity contribution in [3.05, 3.63) is 41.1 Å². The normalized spacial score (nSPS) is 12.1. The van der Waals surface area contributed by atoms with Crippen molar-refractivity contribution in [1.82, 2.24) is 9.97 Å². The lowest BCUT2D eigenvalue weighted by Crippen LogP contribution is -2.15. The van der Waals surface area contributed by atoms with Gasteiger partial charge in [0.2, 0.25) is 5.95 Å². The van der Waals surface area contributed by atoms with Gasteiger partial charge in [-0.2, -0.15) is 0 Å². The molecule has 1 aliphatic rings. The number of aromatic nitrogens is 2. The van der Waals surface area contributed by atoms with Crippen LogP contribution < -0.4 is 11.1 Å². The molecule has 1 aliphatic carbocycles. The lowest BCUT2D eigenvalue weighted by Gasteiger charge is -2.05. The van der Waals surface area contributed by atoms with Crippen molar-refractivity contribution in [2.75, 3.05) is 18.4 Å². The summed E-state index contributed by atoms with van der Waals surface area (Å²) in [6.45, 7) is 3.38. The molecule has 0 atom stereocenters. The first-order chi connectivity index (χ1) is 8.78. The molecule has 4 nitrogen and oxygen atoms in total. The summed E-state index contributed by atoms with van der Waals surface area (Å²) >= 11 is 0. The molecule has 0 fully saturated rings. The third kappa shape index (κ3) is 1.84. The number of nitrogens with two attached hydrogens (primary N) is 1. The Kier molecular flexibility index (Phi) is 2.72. The second-order valence-corrected chi connectivity index (χ2v) is 4.62. The summed E-state index contributed by atoms with van der Waals surface area (Å²) in [5.41, 5.74) is 11.6. The summed E-state index contributed by atoms with van der Waals surface area (Å²) < 4.78 is 0. The lowest BCUT2D eigenvalue weighted by atomic mass is 10.1. The van der Waals surface area contributed by atoms with Crippen LogP contribution in [0.2, 0.25) is 0 Å². The Hall–Kier alpha value is -1.94. The van der Waals surface area contributed by atoms with Crippen molar-refractivity contribution in [3.8, 4) is 11.3 Å². The molecule has 1 aromatic heterocycles. The zero-order valence-corrected chi connectivity index (χ0v) is 10.4. The van der Waals surface area contributed by atoms with Gasteiger partial charge in [-0.3, -0.25) is 0 Å². The smallest absolute Gasteiger partial charge is 0.223 e. The van der Waals surface area contributed by atoms with E-state index in [-0.39, 0.29) is 0 Å². The maximum atomic E-state index is 5.47. The molecular formula is C14H16N4. The van der Waals surface area contributed by atoms with Crippen LogP contribution in [0.15, 0.2) is 24.4 Å². The van der Waals surface area contributed by atoms with Gasteiger partial charge in [0.15, 0.2) is 0 Å². The fraction of sp³-hybridized carbons (Fsp3) is 0.286. The number of nitrogens with one attached hydrogen (secondary N) is 1. The molecule has 4 heteroatoms. The summed E-state index contributed by atoms with van der Waals surface area (Å²) in [5, 5.41) is 3.12. The molecule has 3 rings (SSSR count). The second kappa shape index (κ2) is 4.38. The molecular weight excluding hydrogens is 224 g/mol. The van der Waals surface area contributed by atoms with Gasteiger partial charge < -0.3 is 11.1 Å². The molecule has 92 valence electrons. The van der Waals surface area contributed by atoms with Gasteiger partial charge in [-0.1, -0.05) is 17.7 Å². The topological polar surface area (TPSA) is 63.8 Å². The number of hydrogen-bond acceptors (Lipinski definition) is 4. The van der Waals surface area contributed by atoms with Gasteiger partial charge in [-0.15, -0.1) is 0 Å². The van der Waals surface area contributed by atoms with Crippen molar-refractivity contribution < 1.29 is 0 Å². The summed E-state index contributed by atoms with van der Waals surface area (Å²) in [7, 11) is 0. The Balaban J connectivity index is 2.02. The summed E-state index contributed by atoms with van der Waals surface area (Å²) in [5.74, 6) is 0.661. The lowest BCUT2D eigenvalue weighted by molar-refractivity contribution is 0.986. The maximum absolute atomic E-state index is 5.47. The standard InChI is InChI=1S/C14H16N4/c1-9-2-3-10-7-11-8-17-14(16-5-4-15)18-13(11)12(10)6-9/h2-3,6,8H,4-5,7,15H2,1H3,(H,16,17,18). The van der Waals surface area contributed by atoms with Crippen LogP contribution in [-0.4, -0.2) is 23.1 Å². The molecule has 0 aliphatic heterocycles. The molecule has 0 saturated heterocycles. The highest BCUT2D eigenvalue weighted by Crippen LogP contribution is 2.35. The molecule has 0 amide bonds. The number of benzene rings is 1. The third-order valence-corrected chi connectivity index (χ3v) is 3.19. The minimum Gasteiger partial charge on any atom is -0.353 e. The number of aryl methyl sites for hydroxylation is 1. The number of fused-ring (bicyclic) bond motifs is 3. The van der Waals surface area contributed by atoms with Gasteiger partial charge in [0, 0.05) is 36.8 Å². The van der Waals surface area contributed by atoms with E-state index < -0.39 is 0 Å². The average Bonchev–Trinajstić information content (AvgIpc) is 2.74. The van der Waals surface area contributed by atoms with Crippen molar-refractivity contribution in [1.29, 1.82) is 0 Å². The van der Waals surface area contributed by atoms with Crippen LogP contribution in [0.3, 0.4) is 0 Å². The van der Waals surface area contributed by atoms with Crippen molar-refractivity contribution in [2.24, 2.45) is 5.73 Å². The Morgan fingerprint density at radius 2 is 2.22 bits per heavy atom. The summed E-state index contributed by atoms with van der Waals surface area (Å²) in [6.07, 6.45) is 2.85. The molecule has 0 spiro atoms. The Morgan fingerprint density at radius 1 is 1.33 bits per heavy atom. The first-order valence-electron chi connectivity index (χ1n) is 6.17. The van der Waals surface area contributed by atoms with Gasteiger partial charge in [0.25, 0.3) is 0 Å². The zero-order chi connectivity index (χ0) is 12.5. The number of rotatable bonds is 3. The van der Waals surface area contributed by atoms with E-state index in [2.05, 4.69) is 40.4 Å². The largest absolute Gasteiger partial charge is 0.353 e. The monoisotopic (exact) mass is 240 g/mol. The molecule has 0 radical (unpaired) electrons. The molecule has 1 heterocycles. The molecule has 18 heavy (non-hydrogen) atoms. The van der Waals surface area contributed by atoms with Crippen LogP contribution in [-0.2, 0) is 6.42 Å². The van der Waals surface area contributed by atoms with Crippen LogP contribution in [0, 0.1) is 6.92 Å². The van der Waals surface area contributed by atoms with Gasteiger partial charge in [-0.25, -0.2) is 9.97 Å². The first-order valence-corrected chi connectivity index (χ1v) is 6.17. The molecule has 0 saturated carbocycles. The Labute approximate surface area is 106 Å². The molecule has 3 N–H and O–H groups in total. The average molecular weight is 240 g/mol. The van der Waals surface area contributed by atoms with Gasteiger partial charge in [0.1, 0.15) is 0 Å². The second-order valence-electron chi connectivity index (χ2n) is 4.62. The highest BCUT2D eigenvalue weighted by Gasteiger charge is 2.20. The van der Waals surface area contributed by atoms with E-state index >= 15 is 0 Å². The van der Waals surface area contributed by atoms with E-state index in [0.717, 1.165) is 12.1 Å². The van der Waals surface area contributed by atoms with E-state index in [9.17, 15) is 0 Å². The van der Waals surface area contributed by atoms with E-state index in [4.69, 9.17) is 5.73 Å². The highest BCUT2D eigenvalue weighted by molar-refractivity contribution is 5.74. The predicted octanol–water partition coefficient (Wildman–Crippen LogP) is 1.73. The van der Waals surface area contributed by atoms with Gasteiger partial charge in [0.05, 0.1) is 5.69 Å². The van der Waals surface area contributed by atoms with Crippen molar-refractivity contribution in [3.63, 3.8) is 0 Å².